The van der Waals surface area contributed by atoms with Gasteiger partial charge in [-0.15, -0.1) is 11.6 Å². The molecule has 13 heavy (non-hydrogen) atoms. The third-order valence-electron chi connectivity index (χ3n) is 3.22. The normalized spacial score (nSPS) is 33.2. The van der Waals surface area contributed by atoms with Crippen LogP contribution in [0.15, 0.2) is 0 Å². The minimum absolute atomic E-state index is 0.274. The zero-order valence-corrected chi connectivity index (χ0v) is 9.73. The summed E-state index contributed by atoms with van der Waals surface area (Å²) in [4.78, 5) is 0. The molecule has 0 amide bonds. The predicted octanol–water partition coefficient (Wildman–Crippen LogP) is 3.60. The van der Waals surface area contributed by atoms with Crippen molar-refractivity contribution in [3.8, 4) is 0 Å². The Morgan fingerprint density at radius 1 is 1.46 bits per heavy atom. The van der Waals surface area contributed by atoms with Crippen LogP contribution in [0.2, 0.25) is 0 Å². The number of alkyl halides is 1. The minimum atomic E-state index is 0.274. The smallest absolute Gasteiger partial charge is 0.0585 e. The monoisotopic (exact) mass is 204 g/mol. The maximum Gasteiger partial charge on any atom is 0.0585 e. The second-order valence-corrected chi connectivity index (χ2v) is 4.92. The van der Waals surface area contributed by atoms with Crippen LogP contribution in [-0.4, -0.2) is 18.1 Å². The molecule has 1 aliphatic heterocycles. The molecular weight excluding hydrogens is 184 g/mol. The number of halogens is 1. The minimum Gasteiger partial charge on any atom is -0.375 e. The van der Waals surface area contributed by atoms with Gasteiger partial charge in [-0.05, 0) is 38.0 Å². The van der Waals surface area contributed by atoms with Crippen LogP contribution in [0.3, 0.4) is 0 Å². The van der Waals surface area contributed by atoms with Gasteiger partial charge >= 0.3 is 0 Å². The lowest BCUT2D eigenvalue weighted by Gasteiger charge is -2.28. The highest BCUT2D eigenvalue weighted by molar-refractivity contribution is 6.18. The van der Waals surface area contributed by atoms with Crippen molar-refractivity contribution in [2.24, 2.45) is 5.41 Å². The van der Waals surface area contributed by atoms with E-state index in [1.165, 1.54) is 12.8 Å². The van der Waals surface area contributed by atoms with Gasteiger partial charge in [0.05, 0.1) is 12.2 Å². The molecular formula is C11H21ClO. The fourth-order valence-electron chi connectivity index (χ4n) is 1.88. The summed E-state index contributed by atoms with van der Waals surface area (Å²) in [6, 6.07) is 0. The summed E-state index contributed by atoms with van der Waals surface area (Å²) in [6.07, 6.45) is 5.61. The van der Waals surface area contributed by atoms with Crippen molar-refractivity contribution in [2.75, 3.05) is 5.88 Å². The van der Waals surface area contributed by atoms with Crippen molar-refractivity contribution >= 4 is 11.6 Å². The molecule has 1 fully saturated rings. The number of ether oxygens (including phenoxy) is 1. The van der Waals surface area contributed by atoms with Crippen molar-refractivity contribution in [1.82, 2.24) is 0 Å². The van der Waals surface area contributed by atoms with Gasteiger partial charge in [0, 0.05) is 5.88 Å². The van der Waals surface area contributed by atoms with E-state index in [4.69, 9.17) is 16.3 Å². The Morgan fingerprint density at radius 2 is 2.15 bits per heavy atom. The van der Waals surface area contributed by atoms with Crippen LogP contribution in [0, 0.1) is 5.41 Å². The Bertz CT molecular complexity index is 154. The van der Waals surface area contributed by atoms with Crippen LogP contribution in [0.1, 0.15) is 46.5 Å². The summed E-state index contributed by atoms with van der Waals surface area (Å²) in [5, 5.41) is 0. The van der Waals surface area contributed by atoms with E-state index < -0.39 is 0 Å². The first-order chi connectivity index (χ1) is 6.09. The van der Waals surface area contributed by atoms with Gasteiger partial charge in [-0.2, -0.15) is 0 Å². The number of hydrogen-bond donors (Lipinski definition) is 0. The Kier molecular flexibility index (Phi) is 4.06. The van der Waals surface area contributed by atoms with Crippen molar-refractivity contribution in [1.29, 1.82) is 0 Å². The molecule has 0 aromatic carbocycles. The van der Waals surface area contributed by atoms with Crippen molar-refractivity contribution in [2.45, 2.75) is 58.7 Å². The van der Waals surface area contributed by atoms with E-state index in [-0.39, 0.29) is 5.41 Å². The van der Waals surface area contributed by atoms with Crippen LogP contribution in [0.5, 0.6) is 0 Å². The fraction of sp³-hybridized carbons (Fsp3) is 1.00. The van der Waals surface area contributed by atoms with Crippen LogP contribution in [-0.2, 0) is 4.74 Å². The second-order valence-electron chi connectivity index (χ2n) is 4.65. The molecule has 0 aliphatic carbocycles. The average molecular weight is 205 g/mol. The van der Waals surface area contributed by atoms with E-state index in [0.717, 1.165) is 18.7 Å². The van der Waals surface area contributed by atoms with Gasteiger partial charge in [0.15, 0.2) is 0 Å². The molecule has 1 saturated heterocycles. The van der Waals surface area contributed by atoms with Crippen LogP contribution < -0.4 is 0 Å². The Balaban J connectivity index is 2.38. The van der Waals surface area contributed by atoms with E-state index in [9.17, 15) is 0 Å². The van der Waals surface area contributed by atoms with Crippen LogP contribution in [0.25, 0.3) is 0 Å². The molecule has 0 bridgehead atoms. The average Bonchev–Trinajstić information content (AvgIpc) is 2.51. The molecule has 1 rings (SSSR count). The molecule has 1 aliphatic rings. The van der Waals surface area contributed by atoms with E-state index >= 15 is 0 Å². The summed E-state index contributed by atoms with van der Waals surface area (Å²) in [7, 11) is 0. The SMILES string of the molecule is CCC(C)(CCl)CC1CCC(C)O1. The van der Waals surface area contributed by atoms with Gasteiger partial charge < -0.3 is 4.74 Å². The predicted molar refractivity (Wildman–Crippen MR) is 57.3 cm³/mol. The molecule has 3 atom stereocenters. The molecule has 3 unspecified atom stereocenters. The first kappa shape index (κ1) is 11.3. The molecule has 78 valence electrons. The second kappa shape index (κ2) is 4.65. The highest BCUT2D eigenvalue weighted by Gasteiger charge is 2.30. The Morgan fingerprint density at radius 3 is 2.54 bits per heavy atom. The lowest BCUT2D eigenvalue weighted by atomic mass is 9.83. The maximum atomic E-state index is 5.97. The largest absolute Gasteiger partial charge is 0.375 e. The summed E-state index contributed by atoms with van der Waals surface area (Å²) in [5.41, 5.74) is 0.274. The lowest BCUT2D eigenvalue weighted by Crippen LogP contribution is -2.24. The fourth-order valence-corrected chi connectivity index (χ4v) is 2.18. The molecule has 2 heteroatoms. The van der Waals surface area contributed by atoms with Crippen molar-refractivity contribution < 1.29 is 4.74 Å². The third kappa shape index (κ3) is 3.14. The van der Waals surface area contributed by atoms with Gasteiger partial charge in [-0.1, -0.05) is 13.8 Å². The standard InChI is InChI=1S/C11H21ClO/c1-4-11(3,8-12)7-10-6-5-9(2)13-10/h9-10H,4-8H2,1-3H3. The molecule has 1 nitrogen and oxygen atoms in total. The van der Waals surface area contributed by atoms with E-state index in [1.54, 1.807) is 0 Å². The highest BCUT2D eigenvalue weighted by atomic mass is 35.5. The van der Waals surface area contributed by atoms with Gasteiger partial charge in [0.25, 0.3) is 0 Å². The van der Waals surface area contributed by atoms with Gasteiger partial charge in [0.1, 0.15) is 0 Å². The first-order valence-corrected chi connectivity index (χ1v) is 5.84. The Hall–Kier alpha value is 0.250. The van der Waals surface area contributed by atoms with Crippen molar-refractivity contribution in [3.63, 3.8) is 0 Å². The molecule has 0 N–H and O–H groups in total. The number of hydrogen-bond acceptors (Lipinski definition) is 1. The van der Waals surface area contributed by atoms with E-state index in [0.29, 0.717) is 12.2 Å². The van der Waals surface area contributed by atoms with E-state index in [2.05, 4.69) is 20.8 Å². The molecule has 1 heterocycles. The molecule has 0 saturated carbocycles. The van der Waals surface area contributed by atoms with Gasteiger partial charge in [0.2, 0.25) is 0 Å². The third-order valence-corrected chi connectivity index (χ3v) is 3.86. The molecule has 0 aromatic heterocycles. The van der Waals surface area contributed by atoms with Crippen LogP contribution >= 0.6 is 11.6 Å². The van der Waals surface area contributed by atoms with Crippen LogP contribution in [0.4, 0.5) is 0 Å². The van der Waals surface area contributed by atoms with E-state index in [1.807, 2.05) is 0 Å². The topological polar surface area (TPSA) is 9.23 Å². The summed E-state index contributed by atoms with van der Waals surface area (Å²) < 4.78 is 5.80. The molecule has 0 radical (unpaired) electrons. The summed E-state index contributed by atoms with van der Waals surface area (Å²) >= 11 is 5.97. The molecule has 0 aromatic rings. The summed E-state index contributed by atoms with van der Waals surface area (Å²) in [6.45, 7) is 6.62. The highest BCUT2D eigenvalue weighted by Crippen LogP contribution is 2.34. The quantitative estimate of drug-likeness (QED) is 0.636. The van der Waals surface area contributed by atoms with Crippen molar-refractivity contribution in [3.05, 3.63) is 0 Å². The van der Waals surface area contributed by atoms with Gasteiger partial charge in [-0.3, -0.25) is 0 Å². The number of rotatable bonds is 4. The zero-order valence-electron chi connectivity index (χ0n) is 8.98. The summed E-state index contributed by atoms with van der Waals surface area (Å²) in [5.74, 6) is 0.748. The molecule has 0 spiro atoms. The zero-order chi connectivity index (χ0) is 9.90. The van der Waals surface area contributed by atoms with Gasteiger partial charge in [-0.25, -0.2) is 0 Å². The first-order valence-electron chi connectivity index (χ1n) is 5.31. The maximum absolute atomic E-state index is 5.97. The lowest BCUT2D eigenvalue weighted by molar-refractivity contribution is 0.0284. The Labute approximate surface area is 86.8 Å².